The number of nitrogens with zero attached hydrogens (tertiary/aromatic N) is 2. The van der Waals surface area contributed by atoms with Crippen LogP contribution in [-0.4, -0.2) is 29.1 Å². The molecular formula is C25H23N3O4S. The summed E-state index contributed by atoms with van der Waals surface area (Å²) < 4.78 is 7.41. The second-order valence-corrected chi connectivity index (χ2v) is 8.39. The van der Waals surface area contributed by atoms with Gasteiger partial charge in [-0.05, 0) is 23.8 Å². The minimum atomic E-state index is -0.392. The Morgan fingerprint density at radius 2 is 1.79 bits per heavy atom. The average Bonchev–Trinajstić information content (AvgIpc) is 3.20. The zero-order chi connectivity index (χ0) is 23.2. The molecular weight excluding hydrogens is 438 g/mol. The van der Waals surface area contributed by atoms with Crippen LogP contribution < -0.4 is 10.1 Å². The maximum absolute atomic E-state index is 12.6. The number of benzene rings is 3. The molecule has 0 fully saturated rings. The Bertz CT molecular complexity index is 1280. The van der Waals surface area contributed by atoms with Crippen molar-refractivity contribution in [2.24, 2.45) is 0 Å². The zero-order valence-electron chi connectivity index (χ0n) is 18.1. The van der Waals surface area contributed by atoms with E-state index in [-0.39, 0.29) is 11.6 Å². The molecule has 0 radical (unpaired) electrons. The van der Waals surface area contributed by atoms with Gasteiger partial charge in [-0.1, -0.05) is 42.5 Å². The lowest BCUT2D eigenvalue weighted by atomic mass is 10.2. The molecule has 0 saturated heterocycles. The monoisotopic (exact) mass is 461 g/mol. The predicted molar refractivity (Wildman–Crippen MR) is 130 cm³/mol. The third-order valence-corrected chi connectivity index (χ3v) is 6.40. The van der Waals surface area contributed by atoms with Crippen LogP contribution in [0.15, 0.2) is 83.9 Å². The van der Waals surface area contributed by atoms with Crippen molar-refractivity contribution in [2.75, 3.05) is 13.7 Å². The number of methoxy groups -OCH3 is 1. The van der Waals surface area contributed by atoms with Crippen molar-refractivity contribution in [2.45, 2.75) is 17.2 Å². The summed E-state index contributed by atoms with van der Waals surface area (Å²) >= 11 is 1.69. The fourth-order valence-electron chi connectivity index (χ4n) is 3.61. The van der Waals surface area contributed by atoms with Crippen molar-refractivity contribution in [1.82, 2.24) is 9.88 Å². The van der Waals surface area contributed by atoms with Crippen LogP contribution in [0.4, 0.5) is 5.69 Å². The number of hydrogen-bond acceptors (Lipinski definition) is 5. The molecule has 7 nitrogen and oxygen atoms in total. The van der Waals surface area contributed by atoms with E-state index >= 15 is 0 Å². The van der Waals surface area contributed by atoms with E-state index in [1.807, 2.05) is 24.3 Å². The summed E-state index contributed by atoms with van der Waals surface area (Å²) in [6.07, 6.45) is 2.09. The van der Waals surface area contributed by atoms with Crippen molar-refractivity contribution in [3.63, 3.8) is 0 Å². The van der Waals surface area contributed by atoms with Crippen LogP contribution in [-0.2, 0) is 12.3 Å². The first-order valence-electron chi connectivity index (χ1n) is 10.4. The maximum atomic E-state index is 12.6. The second kappa shape index (κ2) is 10.2. The first-order valence-corrected chi connectivity index (χ1v) is 11.4. The molecule has 0 aliphatic rings. The van der Waals surface area contributed by atoms with Gasteiger partial charge in [0.25, 0.3) is 11.6 Å². The number of carbonyl (C=O) groups excluding carboxylic acids is 1. The number of ether oxygens (including phenoxy) is 1. The number of aromatic nitrogens is 1. The van der Waals surface area contributed by atoms with Crippen molar-refractivity contribution in [3.05, 3.63) is 100 Å². The highest BCUT2D eigenvalue weighted by Crippen LogP contribution is 2.32. The van der Waals surface area contributed by atoms with Crippen LogP contribution in [0.2, 0.25) is 0 Å². The van der Waals surface area contributed by atoms with Gasteiger partial charge in [0.2, 0.25) is 0 Å². The molecule has 1 aromatic heterocycles. The Morgan fingerprint density at radius 1 is 1.06 bits per heavy atom. The molecule has 8 heteroatoms. The predicted octanol–water partition coefficient (Wildman–Crippen LogP) is 5.28. The lowest BCUT2D eigenvalue weighted by Crippen LogP contribution is -2.27. The number of nitro benzene ring substituents is 1. The highest BCUT2D eigenvalue weighted by molar-refractivity contribution is 7.98. The summed E-state index contributed by atoms with van der Waals surface area (Å²) in [7, 11) is 1.55. The minimum Gasteiger partial charge on any atom is -0.496 e. The van der Waals surface area contributed by atoms with Crippen molar-refractivity contribution >= 4 is 34.3 Å². The van der Waals surface area contributed by atoms with Crippen LogP contribution in [0.5, 0.6) is 5.75 Å². The highest BCUT2D eigenvalue weighted by atomic mass is 32.2. The fourth-order valence-corrected chi connectivity index (χ4v) is 4.65. The molecule has 0 unspecified atom stereocenters. The summed E-state index contributed by atoms with van der Waals surface area (Å²) in [5, 5.41) is 15.0. The number of carbonyl (C=O) groups is 1. The minimum absolute atomic E-state index is 0.0931. The number of para-hydroxylation sites is 2. The zero-order valence-corrected chi connectivity index (χ0v) is 18.9. The third kappa shape index (κ3) is 5.18. The van der Waals surface area contributed by atoms with Gasteiger partial charge in [0.15, 0.2) is 0 Å². The number of non-ortho nitro benzene ring substituents is 1. The molecule has 4 aromatic rings. The molecule has 0 spiro atoms. The normalized spacial score (nSPS) is 10.8. The number of fused-ring (bicyclic) bond motifs is 1. The molecule has 0 saturated carbocycles. The molecule has 1 amide bonds. The van der Waals surface area contributed by atoms with E-state index in [1.165, 1.54) is 12.1 Å². The fraction of sp³-hybridized carbons (Fsp3) is 0.160. The summed E-state index contributed by atoms with van der Waals surface area (Å²) in [5.74, 6) is 1.08. The Kier molecular flexibility index (Phi) is 6.95. The van der Waals surface area contributed by atoms with E-state index in [9.17, 15) is 14.9 Å². The quantitative estimate of drug-likeness (QED) is 0.208. The summed E-state index contributed by atoms with van der Waals surface area (Å²) in [5.41, 5.74) is 2.72. The number of amides is 1. The molecule has 1 N–H and O–H groups in total. The lowest BCUT2D eigenvalue weighted by molar-refractivity contribution is -0.384. The van der Waals surface area contributed by atoms with Gasteiger partial charge < -0.3 is 14.6 Å². The SMILES string of the molecule is COc1ccccc1C(=O)NCCn1cc(SCc2ccc([N+](=O)[O-])cc2)c2ccccc21. The molecule has 0 bridgehead atoms. The van der Waals surface area contributed by atoms with Gasteiger partial charge in [0.05, 0.1) is 17.6 Å². The van der Waals surface area contributed by atoms with Crippen LogP contribution in [0.3, 0.4) is 0 Å². The van der Waals surface area contributed by atoms with Crippen LogP contribution >= 0.6 is 11.8 Å². The summed E-state index contributed by atoms with van der Waals surface area (Å²) in [4.78, 5) is 24.1. The molecule has 33 heavy (non-hydrogen) atoms. The maximum Gasteiger partial charge on any atom is 0.269 e. The molecule has 0 aliphatic carbocycles. The van der Waals surface area contributed by atoms with E-state index in [1.54, 1.807) is 43.1 Å². The Balaban J connectivity index is 1.43. The lowest BCUT2D eigenvalue weighted by Gasteiger charge is -2.10. The Morgan fingerprint density at radius 3 is 2.55 bits per heavy atom. The number of thioether (sulfide) groups is 1. The molecule has 0 atom stereocenters. The van der Waals surface area contributed by atoms with Crippen LogP contribution in [0.1, 0.15) is 15.9 Å². The van der Waals surface area contributed by atoms with E-state index in [2.05, 4.69) is 28.2 Å². The van der Waals surface area contributed by atoms with Gasteiger partial charge >= 0.3 is 0 Å². The first kappa shape index (κ1) is 22.4. The van der Waals surface area contributed by atoms with Crippen LogP contribution in [0, 0.1) is 10.1 Å². The average molecular weight is 462 g/mol. The number of nitrogens with one attached hydrogen (secondary N) is 1. The molecule has 168 valence electrons. The standard InChI is InChI=1S/C25H23N3O4S/c1-32-23-9-5-3-7-21(23)25(29)26-14-15-27-16-24(20-6-2-4-8-22(20)27)33-17-18-10-12-19(13-11-18)28(30)31/h2-13,16H,14-15,17H2,1H3,(H,26,29). The molecule has 3 aromatic carbocycles. The largest absolute Gasteiger partial charge is 0.496 e. The van der Waals surface area contributed by atoms with E-state index in [4.69, 9.17) is 4.74 Å². The molecule has 4 rings (SSSR count). The van der Waals surface area contributed by atoms with E-state index < -0.39 is 4.92 Å². The summed E-state index contributed by atoms with van der Waals surface area (Å²) in [6.45, 7) is 1.10. The topological polar surface area (TPSA) is 86.4 Å². The number of nitro groups is 1. The van der Waals surface area contributed by atoms with Crippen molar-refractivity contribution in [3.8, 4) is 5.75 Å². The van der Waals surface area contributed by atoms with Gasteiger partial charge in [-0.15, -0.1) is 11.8 Å². The number of hydrogen-bond donors (Lipinski definition) is 1. The summed E-state index contributed by atoms with van der Waals surface area (Å²) in [6, 6.07) is 21.9. The van der Waals surface area contributed by atoms with Gasteiger partial charge in [0.1, 0.15) is 5.75 Å². The number of rotatable bonds is 9. The smallest absolute Gasteiger partial charge is 0.269 e. The Labute approximate surface area is 195 Å². The van der Waals surface area contributed by atoms with Gasteiger partial charge in [-0.25, -0.2) is 0 Å². The van der Waals surface area contributed by atoms with E-state index in [0.29, 0.717) is 30.2 Å². The van der Waals surface area contributed by atoms with E-state index in [0.717, 1.165) is 21.4 Å². The third-order valence-electron chi connectivity index (χ3n) is 5.28. The Hall–Kier alpha value is -3.78. The molecule has 0 aliphatic heterocycles. The van der Waals surface area contributed by atoms with Crippen molar-refractivity contribution in [1.29, 1.82) is 0 Å². The molecule has 1 heterocycles. The first-order chi connectivity index (χ1) is 16.1. The van der Waals surface area contributed by atoms with Crippen molar-refractivity contribution < 1.29 is 14.5 Å². The second-order valence-electron chi connectivity index (χ2n) is 7.37. The van der Waals surface area contributed by atoms with Gasteiger partial charge in [-0.3, -0.25) is 14.9 Å². The van der Waals surface area contributed by atoms with Crippen LogP contribution in [0.25, 0.3) is 10.9 Å². The van der Waals surface area contributed by atoms with Gasteiger partial charge in [0, 0.05) is 53.0 Å². The van der Waals surface area contributed by atoms with Gasteiger partial charge in [-0.2, -0.15) is 0 Å². The highest BCUT2D eigenvalue weighted by Gasteiger charge is 2.13.